The zero-order chi connectivity index (χ0) is 17.2. The Hall–Kier alpha value is -1.88. The summed E-state index contributed by atoms with van der Waals surface area (Å²) in [6.07, 6.45) is 2.89. The van der Waals surface area contributed by atoms with Gasteiger partial charge in [0.15, 0.2) is 0 Å². The van der Waals surface area contributed by atoms with E-state index in [4.69, 9.17) is 0 Å². The first-order valence-electron chi connectivity index (χ1n) is 7.37. The van der Waals surface area contributed by atoms with Crippen LogP contribution in [0.15, 0.2) is 53.5 Å². The molecule has 0 N–H and O–H groups in total. The molecule has 5 heteroatoms. The lowest BCUT2D eigenvalue weighted by atomic mass is 10.1. The second-order valence-electron chi connectivity index (χ2n) is 5.10. The summed E-state index contributed by atoms with van der Waals surface area (Å²) in [7, 11) is 1.33. The average molecular weight is 380 g/mol. The van der Waals surface area contributed by atoms with Crippen LogP contribution in [0.2, 0.25) is 0 Å². The summed E-state index contributed by atoms with van der Waals surface area (Å²) in [4.78, 5) is 25.3. The molecule has 0 fully saturated rings. The summed E-state index contributed by atoms with van der Waals surface area (Å²) < 4.78 is 5.59. The van der Waals surface area contributed by atoms with E-state index >= 15 is 0 Å². The first-order chi connectivity index (χ1) is 11.0. The highest BCUT2D eigenvalue weighted by molar-refractivity contribution is 9.10. The van der Waals surface area contributed by atoms with Crippen LogP contribution in [0.1, 0.15) is 18.4 Å². The Bertz CT molecular complexity index is 583. The molecule has 23 heavy (non-hydrogen) atoms. The van der Waals surface area contributed by atoms with Gasteiger partial charge in [0.1, 0.15) is 0 Å². The van der Waals surface area contributed by atoms with E-state index in [1.807, 2.05) is 24.3 Å². The van der Waals surface area contributed by atoms with E-state index in [0.717, 1.165) is 16.5 Å². The number of ether oxygens (including phenoxy) is 1. The van der Waals surface area contributed by atoms with Gasteiger partial charge in [-0.1, -0.05) is 40.7 Å². The second-order valence-corrected chi connectivity index (χ2v) is 6.02. The number of carbonyl (C=O) groups is 2. The maximum Gasteiger partial charge on any atom is 0.305 e. The predicted octanol–water partition coefficient (Wildman–Crippen LogP) is 3.52. The van der Waals surface area contributed by atoms with E-state index in [0.29, 0.717) is 25.1 Å². The van der Waals surface area contributed by atoms with Gasteiger partial charge < -0.3 is 9.64 Å². The summed E-state index contributed by atoms with van der Waals surface area (Å²) in [5.74, 6) is -0.493. The Balaban J connectivity index is 2.61. The van der Waals surface area contributed by atoms with Gasteiger partial charge in [0, 0.05) is 29.6 Å². The van der Waals surface area contributed by atoms with Crippen molar-refractivity contribution >= 4 is 27.8 Å². The van der Waals surface area contributed by atoms with Crippen molar-refractivity contribution in [2.24, 2.45) is 0 Å². The summed E-state index contributed by atoms with van der Waals surface area (Å²) in [6, 6.07) is 7.98. The third-order valence-electron chi connectivity index (χ3n) is 3.36. The number of hydrogen-bond donors (Lipinski definition) is 0. The summed E-state index contributed by atoms with van der Waals surface area (Å²) in [6.45, 7) is 8.50. The molecule has 1 amide bonds. The molecular formula is C18H22BrNO3. The van der Waals surface area contributed by atoms with Crippen LogP contribution in [0.5, 0.6) is 0 Å². The van der Waals surface area contributed by atoms with Gasteiger partial charge in [-0.25, -0.2) is 0 Å². The number of rotatable bonds is 9. The highest BCUT2D eigenvalue weighted by Crippen LogP contribution is 2.14. The summed E-state index contributed by atoms with van der Waals surface area (Å²) >= 11 is 3.44. The molecule has 0 unspecified atom stereocenters. The Morgan fingerprint density at radius 3 is 2.70 bits per heavy atom. The molecule has 0 saturated carbocycles. The number of esters is 1. The highest BCUT2D eigenvalue weighted by atomic mass is 79.9. The smallest absolute Gasteiger partial charge is 0.305 e. The fourth-order valence-electron chi connectivity index (χ4n) is 2.07. The van der Waals surface area contributed by atoms with Gasteiger partial charge in [-0.3, -0.25) is 9.59 Å². The topological polar surface area (TPSA) is 46.6 Å². The standard InChI is InChI=1S/C18H22BrNO3/c1-4-11-20(12-10-15-6-5-7-16(19)13-15)18(22)14(2)8-9-17(21)23-3/h4-7,13H,1-2,8-12H2,3H3. The van der Waals surface area contributed by atoms with Gasteiger partial charge in [0.2, 0.25) is 5.91 Å². The lowest BCUT2D eigenvalue weighted by molar-refractivity contribution is -0.140. The summed E-state index contributed by atoms with van der Waals surface area (Å²) in [5, 5.41) is 0. The fraction of sp³-hybridized carbons (Fsp3) is 0.333. The molecule has 0 heterocycles. The van der Waals surface area contributed by atoms with Crippen LogP contribution < -0.4 is 0 Å². The van der Waals surface area contributed by atoms with E-state index in [1.165, 1.54) is 7.11 Å². The normalized spacial score (nSPS) is 10.0. The van der Waals surface area contributed by atoms with Crippen LogP contribution in [-0.2, 0) is 20.7 Å². The lowest BCUT2D eigenvalue weighted by Crippen LogP contribution is -2.34. The third-order valence-corrected chi connectivity index (χ3v) is 3.85. The Kier molecular flexibility index (Phi) is 8.33. The van der Waals surface area contributed by atoms with E-state index in [2.05, 4.69) is 33.8 Å². The minimum Gasteiger partial charge on any atom is -0.469 e. The minimum absolute atomic E-state index is 0.149. The number of hydrogen-bond acceptors (Lipinski definition) is 3. The largest absolute Gasteiger partial charge is 0.469 e. The summed E-state index contributed by atoms with van der Waals surface area (Å²) in [5.41, 5.74) is 1.55. The molecule has 124 valence electrons. The van der Waals surface area contributed by atoms with Crippen molar-refractivity contribution in [3.63, 3.8) is 0 Å². The lowest BCUT2D eigenvalue weighted by Gasteiger charge is -2.22. The Morgan fingerprint density at radius 1 is 1.35 bits per heavy atom. The molecule has 0 bridgehead atoms. The second kappa shape index (κ2) is 10.0. The number of benzene rings is 1. The maximum absolute atomic E-state index is 12.4. The molecule has 1 aromatic rings. The molecule has 1 aromatic carbocycles. The molecule has 4 nitrogen and oxygen atoms in total. The van der Waals surface area contributed by atoms with Crippen LogP contribution in [0.3, 0.4) is 0 Å². The van der Waals surface area contributed by atoms with Crippen molar-refractivity contribution in [3.8, 4) is 0 Å². The fourth-order valence-corrected chi connectivity index (χ4v) is 2.52. The van der Waals surface area contributed by atoms with Crippen molar-refractivity contribution in [3.05, 3.63) is 59.1 Å². The predicted molar refractivity (Wildman–Crippen MR) is 95.0 cm³/mol. The first kappa shape index (κ1) is 19.2. The molecule has 0 radical (unpaired) electrons. The zero-order valence-electron chi connectivity index (χ0n) is 13.4. The van der Waals surface area contributed by atoms with Crippen LogP contribution in [0, 0.1) is 0 Å². The number of methoxy groups -OCH3 is 1. The van der Waals surface area contributed by atoms with E-state index < -0.39 is 0 Å². The number of amides is 1. The van der Waals surface area contributed by atoms with Gasteiger partial charge >= 0.3 is 5.97 Å². The molecule has 1 rings (SSSR count). The van der Waals surface area contributed by atoms with Crippen molar-refractivity contribution in [1.82, 2.24) is 4.90 Å². The van der Waals surface area contributed by atoms with Crippen LogP contribution in [0.25, 0.3) is 0 Å². The molecule has 0 aliphatic carbocycles. The van der Waals surface area contributed by atoms with Crippen LogP contribution in [0.4, 0.5) is 0 Å². The Labute approximate surface area is 145 Å². The zero-order valence-corrected chi connectivity index (χ0v) is 15.0. The average Bonchev–Trinajstić information content (AvgIpc) is 2.55. The molecule has 0 aliphatic heterocycles. The molecule has 0 spiro atoms. The van der Waals surface area contributed by atoms with E-state index in [1.54, 1.807) is 11.0 Å². The molecule has 0 atom stereocenters. The Morgan fingerprint density at radius 2 is 2.09 bits per heavy atom. The van der Waals surface area contributed by atoms with Crippen LogP contribution in [-0.4, -0.2) is 37.0 Å². The van der Waals surface area contributed by atoms with Crippen molar-refractivity contribution < 1.29 is 14.3 Å². The molecule has 0 aliphatic rings. The van der Waals surface area contributed by atoms with E-state index in [-0.39, 0.29) is 18.3 Å². The molecule has 0 saturated heterocycles. The highest BCUT2D eigenvalue weighted by Gasteiger charge is 2.16. The third kappa shape index (κ3) is 6.82. The van der Waals surface area contributed by atoms with Gasteiger partial charge in [-0.15, -0.1) is 6.58 Å². The number of nitrogens with zero attached hydrogens (tertiary/aromatic N) is 1. The maximum atomic E-state index is 12.4. The number of halogens is 1. The molecular weight excluding hydrogens is 358 g/mol. The van der Waals surface area contributed by atoms with E-state index in [9.17, 15) is 9.59 Å². The van der Waals surface area contributed by atoms with Crippen molar-refractivity contribution in [2.75, 3.05) is 20.2 Å². The number of carbonyl (C=O) groups excluding carboxylic acids is 2. The minimum atomic E-state index is -0.344. The SMILES string of the molecule is C=CCN(CCc1cccc(Br)c1)C(=O)C(=C)CCC(=O)OC. The first-order valence-corrected chi connectivity index (χ1v) is 8.16. The van der Waals surface area contributed by atoms with Gasteiger partial charge in [-0.05, 0) is 30.5 Å². The molecule has 0 aromatic heterocycles. The van der Waals surface area contributed by atoms with Crippen molar-refractivity contribution in [2.45, 2.75) is 19.3 Å². The quantitative estimate of drug-likeness (QED) is 0.374. The van der Waals surface area contributed by atoms with Gasteiger partial charge in [0.25, 0.3) is 0 Å². The van der Waals surface area contributed by atoms with Crippen molar-refractivity contribution in [1.29, 1.82) is 0 Å². The monoisotopic (exact) mass is 379 g/mol. The van der Waals surface area contributed by atoms with Crippen LogP contribution >= 0.6 is 15.9 Å². The van der Waals surface area contributed by atoms with Gasteiger partial charge in [0.05, 0.1) is 7.11 Å². The van der Waals surface area contributed by atoms with Gasteiger partial charge in [-0.2, -0.15) is 0 Å².